The molecule has 0 spiro atoms. The van der Waals surface area contributed by atoms with Gasteiger partial charge >= 0.3 is 6.09 Å². The maximum atomic E-state index is 15.3. The summed E-state index contributed by atoms with van der Waals surface area (Å²) in [5.41, 5.74) is 2.45. The molecule has 0 bridgehead atoms. The van der Waals surface area contributed by atoms with E-state index < -0.39 is 17.2 Å². The number of nitrogens with one attached hydrogen (secondary N) is 1. The van der Waals surface area contributed by atoms with Gasteiger partial charge in [0.15, 0.2) is 0 Å². The first-order chi connectivity index (χ1) is 19.0. The molecule has 1 amide bonds. The van der Waals surface area contributed by atoms with Crippen molar-refractivity contribution in [1.82, 2.24) is 14.9 Å². The second-order valence-corrected chi connectivity index (χ2v) is 11.3. The van der Waals surface area contributed by atoms with E-state index in [1.807, 2.05) is 40.7 Å². The Morgan fingerprint density at radius 2 is 1.85 bits per heavy atom. The van der Waals surface area contributed by atoms with Crippen LogP contribution in [-0.4, -0.2) is 78.5 Å². The molecule has 3 aromatic rings. The normalized spacial score (nSPS) is 18.3. The average molecular weight is 555 g/mol. The highest BCUT2D eigenvalue weighted by molar-refractivity contribution is 5.98. The lowest BCUT2D eigenvalue weighted by atomic mass is 10.1. The zero-order valence-corrected chi connectivity index (χ0v) is 23.6. The van der Waals surface area contributed by atoms with Gasteiger partial charge in [-0.1, -0.05) is 0 Å². The fourth-order valence-electron chi connectivity index (χ4n) is 5.23. The number of hydrogen-bond donors (Lipinski definition) is 1. The van der Waals surface area contributed by atoms with Crippen molar-refractivity contribution in [3.63, 3.8) is 0 Å². The van der Waals surface area contributed by atoms with Crippen molar-refractivity contribution in [2.75, 3.05) is 61.1 Å². The van der Waals surface area contributed by atoms with Crippen LogP contribution in [0.2, 0.25) is 0 Å². The molecule has 9 nitrogen and oxygen atoms in total. The monoisotopic (exact) mass is 554 g/mol. The van der Waals surface area contributed by atoms with Crippen molar-refractivity contribution in [3.8, 4) is 0 Å². The molecule has 0 aliphatic carbocycles. The van der Waals surface area contributed by atoms with Crippen LogP contribution in [0.15, 0.2) is 30.6 Å². The van der Waals surface area contributed by atoms with Crippen molar-refractivity contribution < 1.29 is 23.0 Å². The summed E-state index contributed by atoms with van der Waals surface area (Å²) in [6, 6.07) is 3.98. The molecule has 0 saturated carbocycles. The zero-order chi connectivity index (χ0) is 28.6. The summed E-state index contributed by atoms with van der Waals surface area (Å²) >= 11 is 0. The molecule has 2 aromatic heterocycles. The largest absolute Gasteiger partial charge is 0.444 e. The molecule has 2 saturated heterocycles. The van der Waals surface area contributed by atoms with Crippen molar-refractivity contribution in [1.29, 1.82) is 0 Å². The Hall–Kier alpha value is -3.73. The molecule has 4 heterocycles. The molecular weight excluding hydrogens is 518 g/mol. The van der Waals surface area contributed by atoms with E-state index in [0.29, 0.717) is 55.6 Å². The van der Waals surface area contributed by atoms with E-state index in [2.05, 4.69) is 20.1 Å². The van der Waals surface area contributed by atoms with E-state index in [1.54, 1.807) is 17.3 Å². The number of rotatable bonds is 4. The predicted octanol–water partition coefficient (Wildman–Crippen LogP) is 5.24. The summed E-state index contributed by atoms with van der Waals surface area (Å²) in [7, 11) is 0. The quantitative estimate of drug-likeness (QED) is 0.469. The van der Waals surface area contributed by atoms with Gasteiger partial charge < -0.3 is 29.5 Å². The smallest absolute Gasteiger partial charge is 0.410 e. The van der Waals surface area contributed by atoms with E-state index in [0.717, 1.165) is 24.8 Å². The van der Waals surface area contributed by atoms with E-state index >= 15 is 4.39 Å². The van der Waals surface area contributed by atoms with Gasteiger partial charge in [0.25, 0.3) is 0 Å². The highest BCUT2D eigenvalue weighted by Crippen LogP contribution is 2.38. The topological polar surface area (TPSA) is 83.1 Å². The Morgan fingerprint density at radius 1 is 1.10 bits per heavy atom. The SMILES string of the molecule is Cc1c(N2CCN(C(=O)OC(C)(C)C)CC2C)nc2cc(F)cc(F)c2c1Nc1cncc(N2CCOCC2)c1. The summed E-state index contributed by atoms with van der Waals surface area (Å²) in [6.07, 6.45) is 3.11. The molecule has 214 valence electrons. The van der Waals surface area contributed by atoms with Gasteiger partial charge in [-0.2, -0.15) is 0 Å². The first-order valence-corrected chi connectivity index (χ1v) is 13.6. The summed E-state index contributed by atoms with van der Waals surface area (Å²) in [4.78, 5) is 27.8. The van der Waals surface area contributed by atoms with Crippen LogP contribution in [-0.2, 0) is 9.47 Å². The third-order valence-corrected chi connectivity index (χ3v) is 7.14. The Balaban J connectivity index is 1.49. The molecule has 11 heteroatoms. The predicted molar refractivity (Wildman–Crippen MR) is 152 cm³/mol. The third kappa shape index (κ3) is 5.89. The van der Waals surface area contributed by atoms with Gasteiger partial charge in [0, 0.05) is 56.5 Å². The number of amides is 1. The minimum Gasteiger partial charge on any atom is -0.444 e. The molecular formula is C29H36F2N6O3. The molecule has 5 rings (SSSR count). The Morgan fingerprint density at radius 3 is 2.55 bits per heavy atom. The van der Waals surface area contributed by atoms with Gasteiger partial charge in [0.1, 0.15) is 23.1 Å². The van der Waals surface area contributed by atoms with Gasteiger partial charge in [-0.05, 0) is 40.7 Å². The maximum Gasteiger partial charge on any atom is 0.410 e. The second-order valence-electron chi connectivity index (χ2n) is 11.3. The van der Waals surface area contributed by atoms with Crippen LogP contribution >= 0.6 is 0 Å². The van der Waals surface area contributed by atoms with Crippen LogP contribution in [0.1, 0.15) is 33.3 Å². The number of aromatic nitrogens is 2. The summed E-state index contributed by atoms with van der Waals surface area (Å²) < 4.78 is 40.6. The first-order valence-electron chi connectivity index (χ1n) is 13.6. The van der Waals surface area contributed by atoms with E-state index in [-0.39, 0.29) is 23.0 Å². The molecule has 1 aromatic carbocycles. The van der Waals surface area contributed by atoms with Crippen LogP contribution in [0.4, 0.5) is 36.5 Å². The highest BCUT2D eigenvalue weighted by atomic mass is 19.1. The first kappa shape index (κ1) is 27.8. The van der Waals surface area contributed by atoms with Crippen LogP contribution in [0, 0.1) is 18.6 Å². The molecule has 2 fully saturated rings. The number of carbonyl (C=O) groups excluding carboxylic acids is 1. The number of hydrogen-bond acceptors (Lipinski definition) is 8. The average Bonchev–Trinajstić information content (AvgIpc) is 2.90. The second kappa shape index (κ2) is 11.0. The molecule has 2 aliphatic heterocycles. The molecule has 2 aliphatic rings. The molecule has 0 radical (unpaired) electrons. The van der Waals surface area contributed by atoms with Crippen molar-refractivity contribution in [3.05, 3.63) is 47.8 Å². The Labute approximate surface area is 233 Å². The van der Waals surface area contributed by atoms with Crippen LogP contribution in [0.3, 0.4) is 0 Å². The van der Waals surface area contributed by atoms with Gasteiger partial charge in [0.05, 0.1) is 53.6 Å². The standard InChI is InChI=1S/C29H36F2N6O3/c1-18-17-36(28(38)40-29(3,4)5)6-7-37(18)27-19(2)26(25-23(31)12-20(30)13-24(25)34-27)33-21-14-22(16-32-15-21)35-8-10-39-11-9-35/h12-16,18H,6-11,17H2,1-5H3,(H,33,34). The molecule has 1 N–H and O–H groups in total. The Bertz CT molecular complexity index is 1410. The maximum absolute atomic E-state index is 15.3. The number of nitrogens with zero attached hydrogens (tertiary/aromatic N) is 5. The number of piperazine rings is 1. The fraction of sp³-hybridized carbons (Fsp3) is 0.483. The molecule has 40 heavy (non-hydrogen) atoms. The zero-order valence-electron chi connectivity index (χ0n) is 23.6. The van der Waals surface area contributed by atoms with Gasteiger partial charge in [-0.15, -0.1) is 0 Å². The molecule has 1 unspecified atom stereocenters. The number of morpholine rings is 1. The fourth-order valence-corrected chi connectivity index (χ4v) is 5.23. The number of pyridine rings is 2. The molecule has 1 atom stereocenters. The number of halogens is 2. The van der Waals surface area contributed by atoms with E-state index in [1.165, 1.54) is 6.07 Å². The minimum absolute atomic E-state index is 0.109. The summed E-state index contributed by atoms with van der Waals surface area (Å²) in [6.45, 7) is 13.5. The van der Waals surface area contributed by atoms with Crippen LogP contribution in [0.5, 0.6) is 0 Å². The van der Waals surface area contributed by atoms with Crippen molar-refractivity contribution >= 4 is 39.9 Å². The van der Waals surface area contributed by atoms with Gasteiger partial charge in [0.2, 0.25) is 0 Å². The lowest BCUT2D eigenvalue weighted by Crippen LogP contribution is -2.55. The lowest BCUT2D eigenvalue weighted by Gasteiger charge is -2.41. The number of benzene rings is 1. The lowest BCUT2D eigenvalue weighted by molar-refractivity contribution is 0.0218. The third-order valence-electron chi connectivity index (χ3n) is 7.14. The summed E-state index contributed by atoms with van der Waals surface area (Å²) in [5, 5.41) is 3.58. The van der Waals surface area contributed by atoms with Gasteiger partial charge in [-0.3, -0.25) is 4.98 Å². The number of fused-ring (bicyclic) bond motifs is 1. The summed E-state index contributed by atoms with van der Waals surface area (Å²) in [5.74, 6) is -0.787. The van der Waals surface area contributed by atoms with Crippen LogP contribution in [0.25, 0.3) is 10.9 Å². The highest BCUT2D eigenvalue weighted by Gasteiger charge is 2.32. The van der Waals surface area contributed by atoms with Gasteiger partial charge in [-0.25, -0.2) is 18.6 Å². The van der Waals surface area contributed by atoms with Crippen molar-refractivity contribution in [2.45, 2.75) is 46.3 Å². The number of ether oxygens (including phenoxy) is 2. The Kier molecular flexibility index (Phi) is 7.67. The number of carbonyl (C=O) groups is 1. The number of anilines is 4. The van der Waals surface area contributed by atoms with Crippen molar-refractivity contribution in [2.24, 2.45) is 0 Å². The van der Waals surface area contributed by atoms with E-state index in [9.17, 15) is 9.18 Å². The minimum atomic E-state index is -0.697. The van der Waals surface area contributed by atoms with E-state index in [4.69, 9.17) is 14.5 Å². The van der Waals surface area contributed by atoms with Crippen LogP contribution < -0.4 is 15.1 Å².